The fourth-order valence-corrected chi connectivity index (χ4v) is 4.20. The Kier molecular flexibility index (Phi) is 4.55. The molecule has 1 aliphatic carbocycles. The second-order valence-corrected chi connectivity index (χ2v) is 7.14. The third-order valence-corrected chi connectivity index (χ3v) is 5.61. The van der Waals surface area contributed by atoms with Crippen molar-refractivity contribution in [2.45, 2.75) is 43.0 Å². The van der Waals surface area contributed by atoms with Gasteiger partial charge in [-0.1, -0.05) is 30.9 Å². The van der Waals surface area contributed by atoms with E-state index < -0.39 is 16.1 Å². The Morgan fingerprint density at radius 1 is 1.15 bits per heavy atom. The van der Waals surface area contributed by atoms with Gasteiger partial charge in [-0.15, -0.1) is 0 Å². The molecule has 110 valence electrons. The number of nitrogens with two attached hydrogens (primary N) is 1. The number of rotatable bonds is 3. The number of halogens is 1. The molecule has 0 atom stereocenters. The predicted molar refractivity (Wildman–Crippen MR) is 76.9 cm³/mol. The molecule has 1 aromatic rings. The zero-order chi connectivity index (χ0) is 14.8. The number of sulfonamides is 1. The first-order valence-corrected chi connectivity index (χ1v) is 8.34. The van der Waals surface area contributed by atoms with Crippen LogP contribution in [-0.4, -0.2) is 24.8 Å². The number of hydrogen-bond donors (Lipinski definition) is 1. The number of hydrogen-bond acceptors (Lipinski definition) is 3. The Morgan fingerprint density at radius 2 is 1.70 bits per heavy atom. The molecule has 2 N–H and O–H groups in total. The van der Waals surface area contributed by atoms with Crippen molar-refractivity contribution >= 4 is 27.7 Å². The summed E-state index contributed by atoms with van der Waals surface area (Å²) < 4.78 is 26.0. The lowest BCUT2D eigenvalue weighted by atomic mass is 9.96. The average molecular weight is 317 g/mol. The average Bonchev–Trinajstić information content (AvgIpc) is 2.39. The van der Waals surface area contributed by atoms with Crippen molar-refractivity contribution in [3.63, 3.8) is 0 Å². The van der Waals surface area contributed by atoms with Gasteiger partial charge in [0.2, 0.25) is 0 Å². The maximum absolute atomic E-state index is 12.6. The molecule has 0 aliphatic heterocycles. The van der Waals surface area contributed by atoms with Crippen molar-refractivity contribution in [1.29, 1.82) is 0 Å². The van der Waals surface area contributed by atoms with E-state index in [1.165, 1.54) is 24.3 Å². The predicted octanol–water partition coefficient (Wildman–Crippen LogP) is 2.74. The van der Waals surface area contributed by atoms with Gasteiger partial charge >= 0.3 is 6.03 Å². The Balaban J connectivity index is 2.36. The lowest BCUT2D eigenvalue weighted by Gasteiger charge is -2.32. The van der Waals surface area contributed by atoms with Crippen molar-refractivity contribution in [1.82, 2.24) is 4.31 Å². The van der Waals surface area contributed by atoms with Crippen molar-refractivity contribution in [3.8, 4) is 0 Å². The van der Waals surface area contributed by atoms with E-state index in [2.05, 4.69) is 0 Å². The molecular formula is C13H17ClN2O3S. The third-order valence-electron chi connectivity index (χ3n) is 3.49. The lowest BCUT2D eigenvalue weighted by Crippen LogP contribution is -2.48. The second kappa shape index (κ2) is 6.01. The molecule has 1 fully saturated rings. The highest BCUT2D eigenvalue weighted by atomic mass is 35.5. The highest BCUT2D eigenvalue weighted by Crippen LogP contribution is 2.28. The van der Waals surface area contributed by atoms with Gasteiger partial charge in [0.05, 0.1) is 10.9 Å². The molecule has 0 heterocycles. The van der Waals surface area contributed by atoms with Crippen LogP contribution in [-0.2, 0) is 10.0 Å². The molecule has 1 saturated carbocycles. The number of amides is 2. The molecule has 0 unspecified atom stereocenters. The van der Waals surface area contributed by atoms with E-state index in [4.69, 9.17) is 17.3 Å². The molecule has 1 aliphatic rings. The van der Waals surface area contributed by atoms with Crippen LogP contribution in [0.1, 0.15) is 32.1 Å². The van der Waals surface area contributed by atoms with Crippen molar-refractivity contribution in [2.75, 3.05) is 0 Å². The number of nitrogens with zero attached hydrogens (tertiary/aromatic N) is 1. The van der Waals surface area contributed by atoms with E-state index in [0.29, 0.717) is 17.9 Å². The second-order valence-electron chi connectivity index (χ2n) is 4.88. The van der Waals surface area contributed by atoms with Gasteiger partial charge in [-0.2, -0.15) is 0 Å². The van der Waals surface area contributed by atoms with Crippen LogP contribution in [0.3, 0.4) is 0 Å². The third kappa shape index (κ3) is 3.07. The summed E-state index contributed by atoms with van der Waals surface area (Å²) in [6.45, 7) is 0. The van der Waals surface area contributed by atoms with Crippen LogP contribution < -0.4 is 5.73 Å². The number of carbonyl (C=O) groups is 1. The lowest BCUT2D eigenvalue weighted by molar-refractivity contribution is 0.208. The molecule has 7 heteroatoms. The number of urea groups is 1. The molecule has 0 radical (unpaired) electrons. The van der Waals surface area contributed by atoms with Crippen LogP contribution in [0, 0.1) is 0 Å². The van der Waals surface area contributed by atoms with Gasteiger partial charge in [-0.05, 0) is 37.1 Å². The largest absolute Gasteiger partial charge is 0.351 e. The molecule has 5 nitrogen and oxygen atoms in total. The minimum Gasteiger partial charge on any atom is -0.351 e. The topological polar surface area (TPSA) is 80.5 Å². The molecule has 0 spiro atoms. The summed E-state index contributed by atoms with van der Waals surface area (Å²) >= 11 is 5.75. The molecule has 2 rings (SSSR count). The van der Waals surface area contributed by atoms with Gasteiger partial charge in [-0.3, -0.25) is 0 Å². The Morgan fingerprint density at radius 3 is 2.20 bits per heavy atom. The number of primary amides is 1. The summed E-state index contributed by atoms with van der Waals surface area (Å²) in [7, 11) is -3.92. The van der Waals surface area contributed by atoms with Crippen LogP contribution in [0.4, 0.5) is 4.79 Å². The summed E-state index contributed by atoms with van der Waals surface area (Å²) in [6.07, 6.45) is 4.20. The Bertz CT molecular complexity index is 580. The fraction of sp³-hybridized carbons (Fsp3) is 0.462. The van der Waals surface area contributed by atoms with Gasteiger partial charge in [0.1, 0.15) is 0 Å². The van der Waals surface area contributed by atoms with Crippen LogP contribution in [0.15, 0.2) is 29.2 Å². The fourth-order valence-electron chi connectivity index (χ4n) is 2.53. The molecule has 20 heavy (non-hydrogen) atoms. The monoisotopic (exact) mass is 316 g/mol. The molecule has 0 aromatic heterocycles. The number of carbonyl (C=O) groups excluding carboxylic acids is 1. The van der Waals surface area contributed by atoms with Crippen molar-refractivity contribution in [2.24, 2.45) is 5.73 Å². The van der Waals surface area contributed by atoms with E-state index in [9.17, 15) is 13.2 Å². The van der Waals surface area contributed by atoms with E-state index in [1.54, 1.807) is 0 Å². The Hall–Kier alpha value is -1.27. The summed E-state index contributed by atoms with van der Waals surface area (Å²) in [5, 5.41) is 0.437. The zero-order valence-corrected chi connectivity index (χ0v) is 12.5. The summed E-state index contributed by atoms with van der Waals surface area (Å²) in [5.41, 5.74) is 5.30. The van der Waals surface area contributed by atoms with E-state index in [0.717, 1.165) is 23.6 Å². The highest BCUT2D eigenvalue weighted by molar-refractivity contribution is 7.89. The molecule has 0 bridgehead atoms. The van der Waals surface area contributed by atoms with Gasteiger partial charge in [0, 0.05) is 5.02 Å². The molecule has 0 saturated heterocycles. The summed E-state index contributed by atoms with van der Waals surface area (Å²) in [4.78, 5) is 11.7. The first-order valence-electron chi connectivity index (χ1n) is 6.52. The van der Waals surface area contributed by atoms with Crippen molar-refractivity contribution < 1.29 is 13.2 Å². The van der Waals surface area contributed by atoms with E-state index >= 15 is 0 Å². The zero-order valence-electron chi connectivity index (χ0n) is 11.0. The van der Waals surface area contributed by atoms with Crippen LogP contribution in [0.2, 0.25) is 5.02 Å². The van der Waals surface area contributed by atoms with E-state index in [-0.39, 0.29) is 10.9 Å². The smallest absolute Gasteiger partial charge is 0.328 e. The van der Waals surface area contributed by atoms with E-state index in [1.807, 2.05) is 0 Å². The highest BCUT2D eigenvalue weighted by Gasteiger charge is 2.35. The van der Waals surface area contributed by atoms with Crippen molar-refractivity contribution in [3.05, 3.63) is 29.3 Å². The standard InChI is InChI=1S/C13H17ClN2O3S/c14-10-6-8-12(9-7-10)20(18,19)16(13(15)17)11-4-2-1-3-5-11/h6-9,11H,1-5H2,(H2,15,17). The number of benzene rings is 1. The molecule has 2 amide bonds. The summed E-state index contributed by atoms with van der Waals surface area (Å²) in [5.74, 6) is 0. The minimum absolute atomic E-state index is 0.0336. The van der Waals surface area contributed by atoms with Gasteiger partial charge in [0.15, 0.2) is 0 Å². The van der Waals surface area contributed by atoms with Crippen LogP contribution in [0.25, 0.3) is 0 Å². The maximum atomic E-state index is 12.6. The first kappa shape index (κ1) is 15.1. The van der Waals surface area contributed by atoms with Gasteiger partial charge in [0.25, 0.3) is 10.0 Å². The van der Waals surface area contributed by atoms with Crippen LogP contribution in [0.5, 0.6) is 0 Å². The summed E-state index contributed by atoms with van der Waals surface area (Å²) in [6, 6.07) is 4.46. The first-order chi connectivity index (χ1) is 9.43. The molecule has 1 aromatic carbocycles. The quantitative estimate of drug-likeness (QED) is 0.931. The normalized spacial score (nSPS) is 16.9. The maximum Gasteiger partial charge on any atom is 0.328 e. The van der Waals surface area contributed by atoms with Crippen LogP contribution >= 0.6 is 11.6 Å². The van der Waals surface area contributed by atoms with Gasteiger partial charge in [-0.25, -0.2) is 17.5 Å². The molecular weight excluding hydrogens is 300 g/mol. The minimum atomic E-state index is -3.92. The SMILES string of the molecule is NC(=O)N(C1CCCCC1)S(=O)(=O)c1ccc(Cl)cc1. The van der Waals surface area contributed by atoms with Gasteiger partial charge < -0.3 is 5.73 Å². The Labute approximate surface area is 123 Å².